The maximum atomic E-state index is 6.94. The van der Waals surface area contributed by atoms with Crippen molar-refractivity contribution in [3.8, 4) is 0 Å². The molecular formula is C9H11Cl3N4. The molecule has 0 bridgehead atoms. The number of hydrogen-bond donors (Lipinski definition) is 3. The van der Waals surface area contributed by atoms with Gasteiger partial charge in [0.25, 0.3) is 0 Å². The zero-order chi connectivity index (χ0) is 11.4. The molecule has 0 atom stereocenters. The summed E-state index contributed by atoms with van der Waals surface area (Å²) in [6.07, 6.45) is 0. The quantitative estimate of drug-likeness (QED) is 0.443. The average molecular weight is 282 g/mol. The van der Waals surface area contributed by atoms with Crippen molar-refractivity contribution in [3.63, 3.8) is 0 Å². The van der Waals surface area contributed by atoms with Gasteiger partial charge in [-0.2, -0.15) is 5.10 Å². The predicted octanol–water partition coefficient (Wildman–Crippen LogP) is 2.62. The number of guanidine groups is 1. The number of hydrazone groups is 1. The van der Waals surface area contributed by atoms with Crippen molar-refractivity contribution in [3.05, 3.63) is 33.8 Å². The summed E-state index contributed by atoms with van der Waals surface area (Å²) in [5.41, 5.74) is 8.81. The van der Waals surface area contributed by atoms with Gasteiger partial charge in [0.05, 0.1) is 10.7 Å². The Morgan fingerprint density at radius 3 is 2.56 bits per heavy atom. The van der Waals surface area contributed by atoms with E-state index < -0.39 is 0 Å². The van der Waals surface area contributed by atoms with Crippen molar-refractivity contribution in [1.29, 1.82) is 5.41 Å². The van der Waals surface area contributed by atoms with Crippen molar-refractivity contribution in [2.24, 2.45) is 10.8 Å². The SMILES string of the molecule is C/C(=N\NC(=N)N)c1ccc(Cl)cc1Cl.Cl. The topological polar surface area (TPSA) is 74.3 Å². The molecule has 0 fully saturated rings. The van der Waals surface area contributed by atoms with Crippen molar-refractivity contribution >= 4 is 47.3 Å². The first kappa shape index (κ1) is 15.0. The third-order valence-corrected chi connectivity index (χ3v) is 2.21. The Morgan fingerprint density at radius 1 is 1.44 bits per heavy atom. The molecule has 0 radical (unpaired) electrons. The van der Waals surface area contributed by atoms with Crippen molar-refractivity contribution in [1.82, 2.24) is 5.43 Å². The number of nitrogens with one attached hydrogen (secondary N) is 2. The normalized spacial score (nSPS) is 10.6. The molecule has 88 valence electrons. The molecule has 4 N–H and O–H groups in total. The van der Waals surface area contributed by atoms with Crippen LogP contribution in [0.3, 0.4) is 0 Å². The van der Waals surface area contributed by atoms with Crippen molar-refractivity contribution < 1.29 is 0 Å². The van der Waals surface area contributed by atoms with Gasteiger partial charge in [0.15, 0.2) is 0 Å². The number of hydrogen-bond acceptors (Lipinski definition) is 2. The minimum Gasteiger partial charge on any atom is -0.369 e. The van der Waals surface area contributed by atoms with Crippen LogP contribution in [0.4, 0.5) is 0 Å². The maximum absolute atomic E-state index is 6.94. The number of rotatable bonds is 2. The maximum Gasteiger partial charge on any atom is 0.206 e. The predicted molar refractivity (Wildman–Crippen MR) is 71.0 cm³/mol. The summed E-state index contributed by atoms with van der Waals surface area (Å²) in [7, 11) is 0. The fourth-order valence-electron chi connectivity index (χ4n) is 0.987. The highest BCUT2D eigenvalue weighted by atomic mass is 35.5. The molecule has 7 heteroatoms. The van der Waals surface area contributed by atoms with Gasteiger partial charge in [0, 0.05) is 10.6 Å². The average Bonchev–Trinajstić information content (AvgIpc) is 2.14. The van der Waals surface area contributed by atoms with Crippen LogP contribution in [-0.2, 0) is 0 Å². The minimum atomic E-state index is -0.223. The molecule has 0 aromatic heterocycles. The zero-order valence-corrected chi connectivity index (χ0v) is 10.7. The Bertz CT molecular complexity index is 417. The van der Waals surface area contributed by atoms with Gasteiger partial charge in [-0.1, -0.05) is 29.3 Å². The Kier molecular flexibility index (Phi) is 6.18. The molecule has 0 saturated heterocycles. The van der Waals surface area contributed by atoms with Crippen molar-refractivity contribution in [2.45, 2.75) is 6.92 Å². The molecular weight excluding hydrogens is 270 g/mol. The Hall–Kier alpha value is -0.970. The Labute approximate surface area is 110 Å². The fraction of sp³-hybridized carbons (Fsp3) is 0.111. The molecule has 16 heavy (non-hydrogen) atoms. The minimum absolute atomic E-state index is 0. The van der Waals surface area contributed by atoms with E-state index in [4.69, 9.17) is 34.3 Å². The third kappa shape index (κ3) is 4.26. The van der Waals surface area contributed by atoms with E-state index in [1.165, 1.54) is 0 Å². The largest absolute Gasteiger partial charge is 0.369 e. The summed E-state index contributed by atoms with van der Waals surface area (Å²) >= 11 is 11.7. The van der Waals surface area contributed by atoms with Gasteiger partial charge in [-0.15, -0.1) is 12.4 Å². The van der Waals surface area contributed by atoms with Gasteiger partial charge in [-0.3, -0.25) is 5.41 Å². The van der Waals surface area contributed by atoms with Crippen LogP contribution in [0.15, 0.2) is 23.3 Å². The molecule has 1 aromatic carbocycles. The van der Waals surface area contributed by atoms with Gasteiger partial charge in [0.1, 0.15) is 0 Å². The lowest BCUT2D eigenvalue weighted by Gasteiger charge is -2.04. The van der Waals surface area contributed by atoms with Crippen LogP contribution < -0.4 is 11.2 Å². The highest BCUT2D eigenvalue weighted by Crippen LogP contribution is 2.21. The molecule has 0 unspecified atom stereocenters. The van der Waals surface area contributed by atoms with E-state index in [-0.39, 0.29) is 18.4 Å². The molecule has 0 amide bonds. The van der Waals surface area contributed by atoms with Crippen LogP contribution in [0.2, 0.25) is 10.0 Å². The molecule has 0 heterocycles. The number of nitrogens with zero attached hydrogens (tertiary/aromatic N) is 1. The van der Waals surface area contributed by atoms with Crippen LogP contribution in [0.5, 0.6) is 0 Å². The summed E-state index contributed by atoms with van der Waals surface area (Å²) in [4.78, 5) is 0. The van der Waals surface area contributed by atoms with E-state index in [1.807, 2.05) is 0 Å². The van der Waals surface area contributed by atoms with E-state index >= 15 is 0 Å². The lowest BCUT2D eigenvalue weighted by Crippen LogP contribution is -2.26. The summed E-state index contributed by atoms with van der Waals surface area (Å²) in [6, 6.07) is 5.10. The Morgan fingerprint density at radius 2 is 2.06 bits per heavy atom. The van der Waals surface area contributed by atoms with Crippen LogP contribution in [0.1, 0.15) is 12.5 Å². The molecule has 4 nitrogen and oxygen atoms in total. The fourth-order valence-corrected chi connectivity index (χ4v) is 1.53. The van der Waals surface area contributed by atoms with Gasteiger partial charge in [-0.25, -0.2) is 5.43 Å². The second-order valence-electron chi connectivity index (χ2n) is 2.85. The second-order valence-corrected chi connectivity index (χ2v) is 3.69. The molecule has 1 rings (SSSR count). The summed E-state index contributed by atoms with van der Waals surface area (Å²) in [5.74, 6) is -0.223. The van der Waals surface area contributed by atoms with Gasteiger partial charge in [0.2, 0.25) is 5.96 Å². The van der Waals surface area contributed by atoms with E-state index in [0.29, 0.717) is 15.8 Å². The number of benzene rings is 1. The summed E-state index contributed by atoms with van der Waals surface area (Å²) in [5, 5.41) is 11.9. The highest BCUT2D eigenvalue weighted by molar-refractivity contribution is 6.37. The number of nitrogens with two attached hydrogens (primary N) is 1. The third-order valence-electron chi connectivity index (χ3n) is 1.66. The van der Waals surface area contributed by atoms with Gasteiger partial charge >= 0.3 is 0 Å². The van der Waals surface area contributed by atoms with Gasteiger partial charge in [-0.05, 0) is 19.1 Å². The summed E-state index contributed by atoms with van der Waals surface area (Å²) in [6.45, 7) is 1.76. The highest BCUT2D eigenvalue weighted by Gasteiger charge is 2.04. The first-order valence-corrected chi connectivity index (χ1v) is 4.86. The lowest BCUT2D eigenvalue weighted by molar-refractivity contribution is 0.992. The molecule has 0 aliphatic rings. The van der Waals surface area contributed by atoms with Crippen LogP contribution in [0, 0.1) is 5.41 Å². The lowest BCUT2D eigenvalue weighted by atomic mass is 10.1. The second kappa shape index (κ2) is 6.58. The van der Waals surface area contributed by atoms with E-state index in [9.17, 15) is 0 Å². The first-order chi connectivity index (χ1) is 7.00. The van der Waals surface area contributed by atoms with Crippen LogP contribution >= 0.6 is 35.6 Å². The van der Waals surface area contributed by atoms with Crippen molar-refractivity contribution in [2.75, 3.05) is 0 Å². The van der Waals surface area contributed by atoms with Gasteiger partial charge < -0.3 is 5.73 Å². The standard InChI is InChI=1S/C9H10Cl2N4.ClH/c1-5(14-15-9(12)13)7-3-2-6(10)4-8(7)11;/h2-4H,1H3,(H4,12,13,15);1H/b14-5+;. The molecule has 0 spiro atoms. The zero-order valence-electron chi connectivity index (χ0n) is 8.42. The first-order valence-electron chi connectivity index (χ1n) is 4.10. The number of halogens is 3. The summed E-state index contributed by atoms with van der Waals surface area (Å²) < 4.78 is 0. The van der Waals surface area contributed by atoms with Crippen LogP contribution in [-0.4, -0.2) is 11.7 Å². The monoisotopic (exact) mass is 280 g/mol. The Balaban J connectivity index is 0.00000225. The molecule has 0 aliphatic heterocycles. The molecule has 1 aromatic rings. The molecule has 0 aliphatic carbocycles. The van der Waals surface area contributed by atoms with E-state index in [2.05, 4.69) is 10.5 Å². The molecule has 0 saturated carbocycles. The van der Waals surface area contributed by atoms with Crippen LogP contribution in [0.25, 0.3) is 0 Å². The smallest absolute Gasteiger partial charge is 0.206 e. The van der Waals surface area contributed by atoms with E-state index in [1.54, 1.807) is 25.1 Å². The van der Waals surface area contributed by atoms with E-state index in [0.717, 1.165) is 5.56 Å².